The van der Waals surface area contributed by atoms with E-state index in [-0.39, 0.29) is 0 Å². The van der Waals surface area contributed by atoms with Gasteiger partial charge in [0.2, 0.25) is 0 Å². The van der Waals surface area contributed by atoms with E-state index in [2.05, 4.69) is 16.8 Å². The van der Waals surface area contributed by atoms with E-state index in [1.165, 1.54) is 0 Å². The van der Waals surface area contributed by atoms with Crippen molar-refractivity contribution in [1.29, 1.82) is 0 Å². The van der Waals surface area contributed by atoms with Crippen LogP contribution in [0.4, 0.5) is 0 Å². The Hall–Kier alpha value is -0.410. The van der Waals surface area contributed by atoms with Gasteiger partial charge < -0.3 is 4.74 Å². The van der Waals surface area contributed by atoms with E-state index < -0.39 is 0 Å². The topological polar surface area (TPSA) is 22.1 Å². The number of aromatic nitrogens is 1. The van der Waals surface area contributed by atoms with E-state index in [9.17, 15) is 0 Å². The van der Waals surface area contributed by atoms with Crippen molar-refractivity contribution in [3.8, 4) is 0 Å². The van der Waals surface area contributed by atoms with Gasteiger partial charge in [0.1, 0.15) is 0 Å². The maximum atomic E-state index is 4.61. The Morgan fingerprint density at radius 2 is 2.75 bits per heavy atom. The van der Waals surface area contributed by atoms with Gasteiger partial charge in [0.05, 0.1) is 24.1 Å². The summed E-state index contributed by atoms with van der Waals surface area (Å²) in [5.41, 5.74) is 1.77. The third kappa shape index (κ3) is 1.28. The predicted molar refractivity (Wildman–Crippen MR) is 32.3 cm³/mol. The first-order chi connectivity index (χ1) is 3.93. The van der Waals surface area contributed by atoms with E-state index >= 15 is 0 Å². The molecule has 1 rings (SSSR count). The van der Waals surface area contributed by atoms with Crippen LogP contribution in [0.15, 0.2) is 11.7 Å². The van der Waals surface area contributed by atoms with E-state index in [4.69, 9.17) is 0 Å². The van der Waals surface area contributed by atoms with Crippen LogP contribution in [0.2, 0.25) is 0 Å². The second kappa shape index (κ2) is 2.79. The van der Waals surface area contributed by atoms with Crippen LogP contribution in [0.1, 0.15) is 4.88 Å². The molecular formula is C5H6NOS. The van der Waals surface area contributed by atoms with Gasteiger partial charge in [0.15, 0.2) is 0 Å². The van der Waals surface area contributed by atoms with Crippen LogP contribution in [-0.4, -0.2) is 4.98 Å². The Labute approximate surface area is 52.1 Å². The smallest absolute Gasteiger partial charge is 0.0826 e. The Kier molecular flexibility index (Phi) is 2.00. The van der Waals surface area contributed by atoms with Gasteiger partial charge in [-0.2, -0.15) is 0 Å². The van der Waals surface area contributed by atoms with Crippen molar-refractivity contribution >= 4 is 11.3 Å². The molecule has 0 atom stereocenters. The van der Waals surface area contributed by atoms with E-state index in [0.717, 1.165) is 4.88 Å². The van der Waals surface area contributed by atoms with E-state index in [1.807, 2.05) is 0 Å². The fourth-order valence-corrected chi connectivity index (χ4v) is 0.944. The van der Waals surface area contributed by atoms with Gasteiger partial charge in [0, 0.05) is 6.20 Å². The minimum Gasteiger partial charge on any atom is -0.373 e. The summed E-state index contributed by atoms with van der Waals surface area (Å²) in [4.78, 5) is 4.96. The van der Waals surface area contributed by atoms with Gasteiger partial charge in [-0.3, -0.25) is 4.98 Å². The Morgan fingerprint density at radius 1 is 1.88 bits per heavy atom. The number of hydrogen-bond acceptors (Lipinski definition) is 3. The molecule has 2 nitrogen and oxygen atoms in total. The lowest BCUT2D eigenvalue weighted by molar-refractivity contribution is 0.232. The molecule has 0 aliphatic rings. The molecule has 0 unspecified atom stereocenters. The van der Waals surface area contributed by atoms with Crippen molar-refractivity contribution in [2.45, 2.75) is 6.61 Å². The van der Waals surface area contributed by atoms with Crippen molar-refractivity contribution in [3.05, 3.63) is 23.7 Å². The van der Waals surface area contributed by atoms with Crippen LogP contribution in [0.5, 0.6) is 0 Å². The van der Waals surface area contributed by atoms with Crippen LogP contribution in [0.25, 0.3) is 0 Å². The van der Waals surface area contributed by atoms with E-state index in [0.29, 0.717) is 6.61 Å². The highest BCUT2D eigenvalue weighted by atomic mass is 32.1. The molecule has 0 saturated heterocycles. The molecule has 0 N–H and O–H groups in total. The highest BCUT2D eigenvalue weighted by Gasteiger charge is 1.88. The van der Waals surface area contributed by atoms with Crippen LogP contribution < -0.4 is 0 Å². The highest BCUT2D eigenvalue weighted by molar-refractivity contribution is 7.09. The molecule has 8 heavy (non-hydrogen) atoms. The molecule has 0 aliphatic heterocycles. The normalized spacial score (nSPS) is 9.62. The molecule has 1 aromatic rings. The molecule has 1 aromatic heterocycles. The summed E-state index contributed by atoms with van der Waals surface area (Å²) in [6.07, 6.45) is 1.77. The number of nitrogens with zero attached hydrogens (tertiary/aromatic N) is 1. The average molecular weight is 128 g/mol. The quantitative estimate of drug-likeness (QED) is 0.601. The zero-order valence-corrected chi connectivity index (χ0v) is 5.15. The molecule has 1 radical (unpaired) electrons. The maximum absolute atomic E-state index is 4.61. The molecule has 0 aliphatic carbocycles. The molecule has 0 amide bonds. The Bertz CT molecular complexity index is 138. The van der Waals surface area contributed by atoms with Crippen LogP contribution in [0.3, 0.4) is 0 Å². The largest absolute Gasteiger partial charge is 0.373 e. The SMILES string of the molecule is [CH2]OCc1cncs1. The second-order valence-corrected chi connectivity index (χ2v) is 2.29. The first kappa shape index (κ1) is 5.72. The minimum atomic E-state index is 0.574. The summed E-state index contributed by atoms with van der Waals surface area (Å²) >= 11 is 1.57. The van der Waals surface area contributed by atoms with Gasteiger partial charge in [-0.15, -0.1) is 11.3 Å². The van der Waals surface area contributed by atoms with Crippen molar-refractivity contribution in [3.63, 3.8) is 0 Å². The second-order valence-electron chi connectivity index (χ2n) is 1.32. The summed E-state index contributed by atoms with van der Waals surface area (Å²) in [6.45, 7) is 0.574. The fourth-order valence-electron chi connectivity index (χ4n) is 0.414. The minimum absolute atomic E-state index is 0.574. The Morgan fingerprint density at radius 3 is 3.25 bits per heavy atom. The van der Waals surface area contributed by atoms with Crippen molar-refractivity contribution in [1.82, 2.24) is 4.98 Å². The molecule has 0 spiro atoms. The third-order valence-corrected chi connectivity index (χ3v) is 1.48. The average Bonchev–Trinajstić information content (AvgIpc) is 2.19. The summed E-state index contributed by atoms with van der Waals surface area (Å²) in [5.74, 6) is 0. The molecule has 3 heteroatoms. The first-order valence-corrected chi connectivity index (χ1v) is 3.06. The van der Waals surface area contributed by atoms with Crippen LogP contribution in [0, 0.1) is 7.11 Å². The maximum Gasteiger partial charge on any atom is 0.0826 e. The van der Waals surface area contributed by atoms with Gasteiger partial charge in [-0.25, -0.2) is 0 Å². The third-order valence-electron chi connectivity index (χ3n) is 0.728. The lowest BCUT2D eigenvalue weighted by Crippen LogP contribution is -1.77. The fraction of sp³-hybridized carbons (Fsp3) is 0.200. The lowest BCUT2D eigenvalue weighted by atomic mass is 10.6. The molecule has 0 saturated carbocycles. The van der Waals surface area contributed by atoms with Crippen LogP contribution in [-0.2, 0) is 11.3 Å². The molecular weight excluding hydrogens is 122 g/mol. The number of ether oxygens (including phenoxy) is 1. The summed E-state index contributed by atoms with van der Waals surface area (Å²) < 4.78 is 4.61. The zero-order valence-electron chi connectivity index (χ0n) is 4.33. The molecule has 0 bridgehead atoms. The number of hydrogen-bond donors (Lipinski definition) is 0. The van der Waals surface area contributed by atoms with Crippen molar-refractivity contribution in [2.24, 2.45) is 0 Å². The predicted octanol–water partition coefficient (Wildman–Crippen LogP) is 1.45. The molecule has 0 aromatic carbocycles. The first-order valence-electron chi connectivity index (χ1n) is 2.18. The summed E-state index contributed by atoms with van der Waals surface area (Å²) in [7, 11) is 3.24. The van der Waals surface area contributed by atoms with Gasteiger partial charge >= 0.3 is 0 Å². The standard InChI is InChI=1S/C5H6NOS/c1-7-3-5-2-6-4-8-5/h2,4H,1,3H2. The lowest BCUT2D eigenvalue weighted by Gasteiger charge is -1.87. The number of rotatable bonds is 2. The van der Waals surface area contributed by atoms with Gasteiger partial charge in [-0.1, -0.05) is 0 Å². The van der Waals surface area contributed by atoms with Crippen molar-refractivity contribution < 1.29 is 4.74 Å². The van der Waals surface area contributed by atoms with Gasteiger partial charge in [0.25, 0.3) is 0 Å². The zero-order chi connectivity index (χ0) is 5.82. The van der Waals surface area contributed by atoms with Gasteiger partial charge in [-0.05, 0) is 0 Å². The summed E-state index contributed by atoms with van der Waals surface area (Å²) in [6, 6.07) is 0. The molecule has 1 heterocycles. The molecule has 0 fully saturated rings. The van der Waals surface area contributed by atoms with Crippen molar-refractivity contribution in [2.75, 3.05) is 0 Å². The van der Waals surface area contributed by atoms with E-state index in [1.54, 1.807) is 23.0 Å². The monoisotopic (exact) mass is 128 g/mol. The highest BCUT2D eigenvalue weighted by Crippen LogP contribution is 2.05. The number of thiazole rings is 1. The summed E-state index contributed by atoms with van der Waals surface area (Å²) in [5, 5.41) is 0. The van der Waals surface area contributed by atoms with Crippen LogP contribution >= 0.6 is 11.3 Å². The molecule has 43 valence electrons. The Balaban J connectivity index is 2.50.